The molecule has 0 saturated carbocycles. The van der Waals surface area contributed by atoms with Gasteiger partial charge in [-0.3, -0.25) is 4.79 Å². The van der Waals surface area contributed by atoms with Gasteiger partial charge in [-0.15, -0.1) is 0 Å². The first-order valence-electron chi connectivity index (χ1n) is 8.04. The van der Waals surface area contributed by atoms with Crippen molar-refractivity contribution >= 4 is 16.7 Å². The maximum atomic E-state index is 12.2. The Balaban J connectivity index is 2.50. The van der Waals surface area contributed by atoms with Crippen molar-refractivity contribution in [2.45, 2.75) is 47.0 Å². The van der Waals surface area contributed by atoms with Crippen molar-refractivity contribution < 1.29 is 14.3 Å². The number of nitrogens with zero attached hydrogens (tertiary/aromatic N) is 2. The predicted molar refractivity (Wildman–Crippen MR) is 94.7 cm³/mol. The molecule has 0 amide bonds. The number of aromatic nitrogens is 2. The van der Waals surface area contributed by atoms with Crippen LogP contribution in [0, 0.1) is 5.41 Å². The van der Waals surface area contributed by atoms with Gasteiger partial charge < -0.3 is 9.47 Å². The number of pyridine rings is 2. The van der Waals surface area contributed by atoms with Gasteiger partial charge in [0.25, 0.3) is 0 Å². The summed E-state index contributed by atoms with van der Waals surface area (Å²) in [6.07, 6.45) is 1.65. The molecule has 5 nitrogen and oxygen atoms in total. The summed E-state index contributed by atoms with van der Waals surface area (Å²) < 4.78 is 11.1. The number of hydrogen-bond donors (Lipinski definition) is 0. The largest absolute Gasteiger partial charge is 0.481 e. The second kappa shape index (κ2) is 6.38. The minimum Gasteiger partial charge on any atom is -0.481 e. The number of fused-ring (bicyclic) bond motifs is 1. The number of methoxy groups -OCH3 is 1. The van der Waals surface area contributed by atoms with E-state index in [4.69, 9.17) is 9.47 Å². The van der Waals surface area contributed by atoms with Crippen molar-refractivity contribution in [3.63, 3.8) is 0 Å². The fourth-order valence-electron chi connectivity index (χ4n) is 2.21. The van der Waals surface area contributed by atoms with Crippen LogP contribution in [0.2, 0.25) is 0 Å². The van der Waals surface area contributed by atoms with Gasteiger partial charge in [-0.05, 0) is 17.5 Å². The first-order valence-corrected chi connectivity index (χ1v) is 8.04. The molecule has 2 heterocycles. The number of ketones is 1. The second-order valence-corrected chi connectivity index (χ2v) is 7.94. The van der Waals surface area contributed by atoms with Crippen molar-refractivity contribution in [2.24, 2.45) is 5.41 Å². The van der Waals surface area contributed by atoms with E-state index in [1.807, 2.05) is 32.9 Å². The average molecular weight is 330 g/mol. The number of carbonyl (C=O) groups excluding carboxylic acids is 1. The summed E-state index contributed by atoms with van der Waals surface area (Å²) in [4.78, 5) is 21.0. The molecule has 130 valence electrons. The van der Waals surface area contributed by atoms with E-state index in [1.165, 1.54) is 0 Å². The fourth-order valence-corrected chi connectivity index (χ4v) is 2.21. The number of Topliss-reactive ketones (excluding diaryl/α,β-unsaturated/α-hetero) is 1. The summed E-state index contributed by atoms with van der Waals surface area (Å²) >= 11 is 0. The Morgan fingerprint density at radius 3 is 2.33 bits per heavy atom. The van der Waals surface area contributed by atoms with E-state index in [1.54, 1.807) is 13.3 Å². The number of hydrogen-bond acceptors (Lipinski definition) is 5. The van der Waals surface area contributed by atoms with E-state index in [0.29, 0.717) is 11.8 Å². The number of carbonyl (C=O) groups is 1. The lowest BCUT2D eigenvalue weighted by atomic mass is 9.87. The molecule has 0 aliphatic heterocycles. The van der Waals surface area contributed by atoms with E-state index >= 15 is 0 Å². The number of ether oxygens (including phenoxy) is 2. The molecule has 5 heteroatoms. The molecule has 0 spiro atoms. The van der Waals surface area contributed by atoms with Crippen molar-refractivity contribution in [2.75, 3.05) is 13.7 Å². The summed E-state index contributed by atoms with van der Waals surface area (Å²) in [5.74, 6) is 1.06. The minimum atomic E-state index is -0.439. The van der Waals surface area contributed by atoms with Crippen LogP contribution in [0.4, 0.5) is 0 Å². The topological polar surface area (TPSA) is 61.3 Å². The highest BCUT2D eigenvalue weighted by Crippen LogP contribution is 2.35. The van der Waals surface area contributed by atoms with Crippen LogP contribution < -0.4 is 9.47 Å². The van der Waals surface area contributed by atoms with E-state index < -0.39 is 5.41 Å². The van der Waals surface area contributed by atoms with Gasteiger partial charge in [0.2, 0.25) is 11.8 Å². The van der Waals surface area contributed by atoms with E-state index in [9.17, 15) is 4.79 Å². The Morgan fingerprint density at radius 1 is 1.12 bits per heavy atom. The quantitative estimate of drug-likeness (QED) is 0.850. The molecule has 0 atom stereocenters. The van der Waals surface area contributed by atoms with Gasteiger partial charge in [-0.2, -0.15) is 0 Å². The molecule has 0 aromatic carbocycles. The van der Waals surface area contributed by atoms with Gasteiger partial charge >= 0.3 is 0 Å². The maximum Gasteiger partial charge on any atom is 0.222 e. The van der Waals surface area contributed by atoms with Gasteiger partial charge in [0, 0.05) is 17.2 Å². The summed E-state index contributed by atoms with van der Waals surface area (Å²) in [7, 11) is 1.59. The molecule has 24 heavy (non-hydrogen) atoms. The Hall–Kier alpha value is -2.17. The highest BCUT2D eigenvalue weighted by atomic mass is 16.5. The molecule has 0 bridgehead atoms. The van der Waals surface area contributed by atoms with Gasteiger partial charge in [0.1, 0.15) is 6.61 Å². The third-order valence-corrected chi connectivity index (χ3v) is 3.85. The lowest BCUT2D eigenvalue weighted by Crippen LogP contribution is -2.27. The second-order valence-electron chi connectivity index (χ2n) is 7.94. The third-order valence-electron chi connectivity index (χ3n) is 3.85. The van der Waals surface area contributed by atoms with Crippen LogP contribution in [0.25, 0.3) is 10.9 Å². The van der Waals surface area contributed by atoms with Crippen LogP contribution in [0.15, 0.2) is 18.3 Å². The molecule has 2 aromatic heterocycles. The highest BCUT2D eigenvalue weighted by molar-refractivity contribution is 5.86. The molecule has 0 fully saturated rings. The molecular weight excluding hydrogens is 304 g/mol. The van der Waals surface area contributed by atoms with Crippen LogP contribution in [-0.2, 0) is 10.2 Å². The molecule has 0 N–H and O–H groups in total. The minimum absolute atomic E-state index is 0.00725. The molecular formula is C19H26N2O3. The average Bonchev–Trinajstić information content (AvgIpc) is 2.48. The summed E-state index contributed by atoms with van der Waals surface area (Å²) in [6, 6.07) is 3.80. The third kappa shape index (κ3) is 3.83. The normalized spacial score (nSPS) is 12.3. The molecule has 2 rings (SSSR count). The molecule has 0 unspecified atom stereocenters. The first kappa shape index (κ1) is 18.2. The standard InChI is InChI=1S/C19H26N2O3/c1-18(2,3)13-10-12-14(8-9-20-16(12)23-7)21-17(13)24-11-15(22)19(4,5)6/h8-10H,11H2,1-7H3. The van der Waals surface area contributed by atoms with E-state index in [0.717, 1.165) is 16.5 Å². The van der Waals surface area contributed by atoms with Crippen LogP contribution in [-0.4, -0.2) is 29.5 Å². The maximum absolute atomic E-state index is 12.2. The van der Waals surface area contributed by atoms with Crippen molar-refractivity contribution in [3.8, 4) is 11.8 Å². The lowest BCUT2D eigenvalue weighted by Gasteiger charge is -2.23. The van der Waals surface area contributed by atoms with E-state index in [2.05, 4.69) is 30.7 Å². The monoisotopic (exact) mass is 330 g/mol. The van der Waals surface area contributed by atoms with Crippen LogP contribution >= 0.6 is 0 Å². The summed E-state index contributed by atoms with van der Waals surface area (Å²) in [6.45, 7) is 11.9. The SMILES string of the molecule is COc1nccc2nc(OCC(=O)C(C)(C)C)c(C(C)(C)C)cc12. The lowest BCUT2D eigenvalue weighted by molar-refractivity contribution is -0.128. The van der Waals surface area contributed by atoms with Gasteiger partial charge in [0.05, 0.1) is 18.0 Å². The van der Waals surface area contributed by atoms with Crippen molar-refractivity contribution in [1.82, 2.24) is 9.97 Å². The summed E-state index contributed by atoms with van der Waals surface area (Å²) in [5, 5.41) is 0.833. The summed E-state index contributed by atoms with van der Waals surface area (Å²) in [5.41, 5.74) is 1.02. The van der Waals surface area contributed by atoms with Gasteiger partial charge in [0.15, 0.2) is 5.78 Å². The van der Waals surface area contributed by atoms with E-state index in [-0.39, 0.29) is 17.8 Å². The zero-order chi connectivity index (χ0) is 18.1. The predicted octanol–water partition coefficient (Wildman–Crippen LogP) is 3.93. The zero-order valence-corrected chi connectivity index (χ0v) is 15.6. The highest BCUT2D eigenvalue weighted by Gasteiger charge is 2.25. The van der Waals surface area contributed by atoms with Crippen molar-refractivity contribution in [3.05, 3.63) is 23.9 Å². The Kier molecular flexibility index (Phi) is 4.83. The first-order chi connectivity index (χ1) is 11.0. The van der Waals surface area contributed by atoms with Gasteiger partial charge in [-0.25, -0.2) is 9.97 Å². The Bertz CT molecular complexity index is 756. The van der Waals surface area contributed by atoms with Gasteiger partial charge in [-0.1, -0.05) is 41.5 Å². The zero-order valence-electron chi connectivity index (χ0n) is 15.6. The molecule has 0 radical (unpaired) electrons. The fraction of sp³-hybridized carbons (Fsp3) is 0.526. The Labute approximate surface area is 143 Å². The van der Waals surface area contributed by atoms with Crippen LogP contribution in [0.3, 0.4) is 0 Å². The van der Waals surface area contributed by atoms with Crippen LogP contribution in [0.1, 0.15) is 47.1 Å². The molecule has 0 aliphatic carbocycles. The molecule has 0 saturated heterocycles. The molecule has 0 aliphatic rings. The Morgan fingerprint density at radius 2 is 1.79 bits per heavy atom. The molecule has 2 aromatic rings. The smallest absolute Gasteiger partial charge is 0.222 e. The van der Waals surface area contributed by atoms with Crippen LogP contribution in [0.5, 0.6) is 11.8 Å². The number of rotatable bonds is 4. The van der Waals surface area contributed by atoms with Crippen molar-refractivity contribution in [1.29, 1.82) is 0 Å².